The van der Waals surface area contributed by atoms with Gasteiger partial charge >= 0.3 is 0 Å². The number of ether oxygens (including phenoxy) is 2. The fourth-order valence-corrected chi connectivity index (χ4v) is 4.99. The maximum atomic E-state index is 13.0. The van der Waals surface area contributed by atoms with E-state index in [0.29, 0.717) is 23.7 Å². The Bertz CT molecular complexity index is 1070. The fourth-order valence-electron chi connectivity index (χ4n) is 4.99. The molecule has 1 N–H and O–H groups in total. The predicted octanol–water partition coefficient (Wildman–Crippen LogP) is 3.08. The number of methoxy groups -OCH3 is 2. The lowest BCUT2D eigenvalue weighted by Crippen LogP contribution is -2.48. The molecule has 2 aromatic carbocycles. The summed E-state index contributed by atoms with van der Waals surface area (Å²) in [4.78, 5) is 32.2. The molecule has 2 aromatic rings. The van der Waals surface area contributed by atoms with Crippen LogP contribution in [0.25, 0.3) is 0 Å². The molecule has 0 spiro atoms. The van der Waals surface area contributed by atoms with E-state index in [4.69, 9.17) is 9.47 Å². The molecule has 2 unspecified atom stereocenters. The molecule has 0 aromatic heterocycles. The molecule has 2 aliphatic heterocycles. The Hall–Kier alpha value is -3.26. The van der Waals surface area contributed by atoms with Crippen molar-refractivity contribution in [3.05, 3.63) is 48.0 Å². The second-order valence-electron chi connectivity index (χ2n) is 9.81. The molecule has 2 atom stereocenters. The van der Waals surface area contributed by atoms with Crippen LogP contribution in [0.2, 0.25) is 0 Å². The van der Waals surface area contributed by atoms with Crippen LogP contribution in [0.5, 0.6) is 11.5 Å². The van der Waals surface area contributed by atoms with Gasteiger partial charge in [-0.25, -0.2) is 0 Å². The normalized spacial score (nSPS) is 19.3. The second-order valence-corrected chi connectivity index (χ2v) is 9.81. The van der Waals surface area contributed by atoms with E-state index in [0.717, 1.165) is 39.1 Å². The highest BCUT2D eigenvalue weighted by Gasteiger charge is 2.36. The van der Waals surface area contributed by atoms with E-state index in [9.17, 15) is 9.59 Å². The largest absolute Gasteiger partial charge is 0.497 e. The molecule has 2 heterocycles. The lowest BCUT2D eigenvalue weighted by Gasteiger charge is -2.36. The summed E-state index contributed by atoms with van der Waals surface area (Å²) >= 11 is 0. The first-order valence-corrected chi connectivity index (χ1v) is 12.7. The van der Waals surface area contributed by atoms with E-state index in [2.05, 4.69) is 46.3 Å². The van der Waals surface area contributed by atoms with E-state index in [1.807, 2.05) is 6.92 Å². The summed E-state index contributed by atoms with van der Waals surface area (Å²) in [5.41, 5.74) is 3.24. The number of nitrogens with zero attached hydrogens (tertiary/aromatic N) is 3. The van der Waals surface area contributed by atoms with Gasteiger partial charge in [0.05, 0.1) is 25.8 Å². The van der Waals surface area contributed by atoms with Gasteiger partial charge in [-0.1, -0.05) is 12.1 Å². The quantitative estimate of drug-likeness (QED) is 0.578. The van der Waals surface area contributed by atoms with Crippen LogP contribution in [-0.4, -0.2) is 76.2 Å². The molecule has 8 nitrogen and oxygen atoms in total. The average molecular weight is 495 g/mol. The van der Waals surface area contributed by atoms with Gasteiger partial charge in [0, 0.05) is 63.5 Å². The van der Waals surface area contributed by atoms with E-state index in [1.54, 1.807) is 37.3 Å². The first-order valence-electron chi connectivity index (χ1n) is 12.7. The number of hydrogen-bond donors (Lipinski definition) is 1. The zero-order valence-electron chi connectivity index (χ0n) is 21.8. The minimum Gasteiger partial charge on any atom is -0.497 e. The fraction of sp³-hybridized carbons (Fsp3) is 0.500. The summed E-state index contributed by atoms with van der Waals surface area (Å²) in [5, 5.41) is 3.14. The first kappa shape index (κ1) is 25.8. The zero-order chi connectivity index (χ0) is 25.7. The predicted molar refractivity (Wildman–Crippen MR) is 142 cm³/mol. The Kier molecular flexibility index (Phi) is 8.36. The van der Waals surface area contributed by atoms with Crippen molar-refractivity contribution in [2.75, 3.05) is 63.3 Å². The van der Waals surface area contributed by atoms with Gasteiger partial charge in [-0.3, -0.25) is 14.5 Å². The van der Waals surface area contributed by atoms with Gasteiger partial charge in [0.25, 0.3) is 0 Å². The van der Waals surface area contributed by atoms with Crippen molar-refractivity contribution in [1.82, 2.24) is 10.2 Å². The number of carbonyl (C=O) groups excluding carboxylic acids is 2. The smallest absolute Gasteiger partial charge is 0.227 e. The van der Waals surface area contributed by atoms with Gasteiger partial charge < -0.3 is 24.6 Å². The van der Waals surface area contributed by atoms with Crippen LogP contribution in [0, 0.1) is 12.8 Å². The van der Waals surface area contributed by atoms with Gasteiger partial charge in [0.15, 0.2) is 0 Å². The molecule has 8 heteroatoms. The minimum absolute atomic E-state index is 0.0481. The first-order chi connectivity index (χ1) is 17.4. The third-order valence-electron chi connectivity index (χ3n) is 7.18. The number of hydrogen-bond acceptors (Lipinski definition) is 6. The number of benzene rings is 2. The third kappa shape index (κ3) is 6.10. The topological polar surface area (TPSA) is 74.4 Å². The number of anilines is 2. The SMILES string of the molecule is COc1ccc(N2CC(C(=O)NC(C)CCN3CCN(c4cccc(C)c4)CC3)CC2=O)c(OC)c1. The van der Waals surface area contributed by atoms with Crippen molar-refractivity contribution < 1.29 is 19.1 Å². The van der Waals surface area contributed by atoms with Gasteiger partial charge in [-0.15, -0.1) is 0 Å². The molecule has 4 rings (SSSR count). The Morgan fingerprint density at radius 3 is 2.56 bits per heavy atom. The maximum absolute atomic E-state index is 13.0. The Labute approximate surface area is 214 Å². The molecular formula is C28H38N4O4. The third-order valence-corrected chi connectivity index (χ3v) is 7.18. The molecule has 0 saturated carbocycles. The molecule has 2 amide bonds. The number of amides is 2. The lowest BCUT2D eigenvalue weighted by atomic mass is 10.1. The van der Waals surface area contributed by atoms with E-state index in [-0.39, 0.29) is 30.2 Å². The van der Waals surface area contributed by atoms with E-state index >= 15 is 0 Å². The molecule has 2 saturated heterocycles. The monoisotopic (exact) mass is 494 g/mol. The van der Waals surface area contributed by atoms with E-state index in [1.165, 1.54) is 11.3 Å². The van der Waals surface area contributed by atoms with E-state index < -0.39 is 0 Å². The Morgan fingerprint density at radius 1 is 1.08 bits per heavy atom. The highest BCUT2D eigenvalue weighted by Crippen LogP contribution is 2.35. The van der Waals surface area contributed by atoms with Crippen LogP contribution in [0.15, 0.2) is 42.5 Å². The highest BCUT2D eigenvalue weighted by atomic mass is 16.5. The van der Waals surface area contributed by atoms with Crippen molar-refractivity contribution in [3.63, 3.8) is 0 Å². The highest BCUT2D eigenvalue weighted by molar-refractivity contribution is 6.01. The summed E-state index contributed by atoms with van der Waals surface area (Å²) in [6.45, 7) is 9.53. The van der Waals surface area contributed by atoms with Crippen molar-refractivity contribution in [2.45, 2.75) is 32.7 Å². The van der Waals surface area contributed by atoms with Crippen molar-refractivity contribution in [2.24, 2.45) is 5.92 Å². The Balaban J connectivity index is 1.23. The molecule has 0 aliphatic carbocycles. The molecule has 0 bridgehead atoms. The maximum Gasteiger partial charge on any atom is 0.227 e. The molecule has 2 aliphatic rings. The standard InChI is InChI=1S/C28H38N4O4/c1-20-6-5-7-23(16-20)31-14-12-30(13-15-31)11-10-21(2)29-28(34)22-17-27(33)32(19-22)25-9-8-24(35-3)18-26(25)36-4/h5-9,16,18,21-22H,10-15,17,19H2,1-4H3,(H,29,34). The van der Waals surface area contributed by atoms with Crippen molar-refractivity contribution >= 4 is 23.2 Å². The van der Waals surface area contributed by atoms with Gasteiger partial charge in [0.2, 0.25) is 11.8 Å². The van der Waals surface area contributed by atoms with Gasteiger partial charge in [-0.05, 0) is 50.1 Å². The Morgan fingerprint density at radius 2 is 1.86 bits per heavy atom. The van der Waals surface area contributed by atoms with Crippen LogP contribution >= 0.6 is 0 Å². The molecular weight excluding hydrogens is 456 g/mol. The number of carbonyl (C=O) groups is 2. The van der Waals surface area contributed by atoms with Crippen LogP contribution < -0.4 is 24.6 Å². The average Bonchev–Trinajstić information content (AvgIpc) is 3.28. The number of nitrogens with one attached hydrogen (secondary N) is 1. The summed E-state index contributed by atoms with van der Waals surface area (Å²) < 4.78 is 10.7. The summed E-state index contributed by atoms with van der Waals surface area (Å²) in [6.07, 6.45) is 1.08. The van der Waals surface area contributed by atoms with Crippen LogP contribution in [-0.2, 0) is 9.59 Å². The molecule has 194 valence electrons. The number of piperazine rings is 1. The summed E-state index contributed by atoms with van der Waals surface area (Å²) in [7, 11) is 3.15. The lowest BCUT2D eigenvalue weighted by molar-refractivity contribution is -0.126. The van der Waals surface area contributed by atoms with Gasteiger partial charge in [-0.2, -0.15) is 0 Å². The van der Waals surface area contributed by atoms with Gasteiger partial charge in [0.1, 0.15) is 11.5 Å². The molecule has 36 heavy (non-hydrogen) atoms. The minimum atomic E-state index is -0.371. The van der Waals surface area contributed by atoms with Crippen LogP contribution in [0.3, 0.4) is 0 Å². The molecule has 2 fully saturated rings. The zero-order valence-corrected chi connectivity index (χ0v) is 21.8. The van der Waals surface area contributed by atoms with Crippen LogP contribution in [0.4, 0.5) is 11.4 Å². The number of rotatable bonds is 9. The summed E-state index contributed by atoms with van der Waals surface area (Å²) in [5.74, 6) is 0.707. The number of aryl methyl sites for hydroxylation is 1. The van der Waals surface area contributed by atoms with Crippen molar-refractivity contribution in [1.29, 1.82) is 0 Å². The second kappa shape index (κ2) is 11.6. The molecule has 0 radical (unpaired) electrons. The van der Waals surface area contributed by atoms with Crippen LogP contribution in [0.1, 0.15) is 25.3 Å². The van der Waals surface area contributed by atoms with Crippen molar-refractivity contribution in [3.8, 4) is 11.5 Å². The summed E-state index contributed by atoms with van der Waals surface area (Å²) in [6, 6.07) is 14.1.